The molecule has 0 bridgehead atoms. The van der Waals surface area contributed by atoms with E-state index in [0.29, 0.717) is 18.3 Å². The van der Waals surface area contributed by atoms with Gasteiger partial charge in [0.05, 0.1) is 11.3 Å². The Labute approximate surface area is 155 Å². The van der Waals surface area contributed by atoms with Crippen LogP contribution in [0.4, 0.5) is 5.95 Å². The molecule has 2 aromatic rings. The molecule has 1 aliphatic heterocycles. The predicted molar refractivity (Wildman–Crippen MR) is 104 cm³/mol. The van der Waals surface area contributed by atoms with Crippen molar-refractivity contribution in [3.8, 4) is 0 Å². The van der Waals surface area contributed by atoms with Crippen molar-refractivity contribution < 1.29 is 4.79 Å². The summed E-state index contributed by atoms with van der Waals surface area (Å²) in [4.78, 5) is 24.3. The van der Waals surface area contributed by atoms with Crippen molar-refractivity contribution in [1.29, 1.82) is 0 Å². The Kier molecular flexibility index (Phi) is 4.51. The fourth-order valence-corrected chi connectivity index (χ4v) is 4.49. The molecule has 136 valence electrons. The van der Waals surface area contributed by atoms with Crippen LogP contribution >= 0.6 is 0 Å². The first kappa shape index (κ1) is 17.2. The lowest BCUT2D eigenvalue weighted by atomic mass is 9.82. The number of anilines is 1. The van der Waals surface area contributed by atoms with Gasteiger partial charge in [-0.05, 0) is 43.1 Å². The Morgan fingerprint density at radius 1 is 1.04 bits per heavy atom. The predicted octanol–water partition coefficient (Wildman–Crippen LogP) is 4.18. The van der Waals surface area contributed by atoms with Gasteiger partial charge in [-0.3, -0.25) is 4.79 Å². The van der Waals surface area contributed by atoms with E-state index in [4.69, 9.17) is 4.98 Å². The van der Waals surface area contributed by atoms with Crippen LogP contribution in [0.25, 0.3) is 0 Å². The van der Waals surface area contributed by atoms with Gasteiger partial charge in [0.25, 0.3) is 0 Å². The smallest absolute Gasteiger partial charge is 0.225 e. The van der Waals surface area contributed by atoms with Crippen LogP contribution in [-0.4, -0.2) is 28.8 Å². The van der Waals surface area contributed by atoms with Crippen molar-refractivity contribution in [2.75, 3.05) is 18.0 Å². The monoisotopic (exact) mass is 349 g/mol. The third-order valence-corrected chi connectivity index (χ3v) is 5.73. The van der Waals surface area contributed by atoms with E-state index < -0.39 is 0 Å². The molecule has 3 atom stereocenters. The maximum atomic E-state index is 12.6. The fraction of sp³-hybridized carbons (Fsp3) is 0.500. The van der Waals surface area contributed by atoms with Gasteiger partial charge in [0.2, 0.25) is 5.95 Å². The summed E-state index contributed by atoms with van der Waals surface area (Å²) in [6.45, 7) is 8.66. The van der Waals surface area contributed by atoms with Gasteiger partial charge in [0.15, 0.2) is 5.78 Å². The molecular formula is C22H27N3O. The van der Waals surface area contributed by atoms with Crippen molar-refractivity contribution in [3.63, 3.8) is 0 Å². The second kappa shape index (κ2) is 6.82. The highest BCUT2D eigenvalue weighted by Gasteiger charge is 2.30. The molecule has 0 N–H and O–H groups in total. The van der Waals surface area contributed by atoms with E-state index >= 15 is 0 Å². The highest BCUT2D eigenvalue weighted by atomic mass is 16.1. The molecule has 2 heterocycles. The Bertz CT molecular complexity index is 805. The molecule has 0 spiro atoms. The van der Waals surface area contributed by atoms with E-state index in [9.17, 15) is 4.79 Å². The van der Waals surface area contributed by atoms with E-state index in [1.807, 2.05) is 0 Å². The fourth-order valence-electron chi connectivity index (χ4n) is 4.49. The summed E-state index contributed by atoms with van der Waals surface area (Å²) < 4.78 is 0. The second-order valence-electron chi connectivity index (χ2n) is 8.32. The first-order valence-corrected chi connectivity index (χ1v) is 9.70. The zero-order valence-electron chi connectivity index (χ0n) is 15.9. The summed E-state index contributed by atoms with van der Waals surface area (Å²) >= 11 is 0. The van der Waals surface area contributed by atoms with Crippen LogP contribution in [0.3, 0.4) is 0 Å². The van der Waals surface area contributed by atoms with Gasteiger partial charge in [-0.1, -0.05) is 43.7 Å². The van der Waals surface area contributed by atoms with Gasteiger partial charge in [-0.25, -0.2) is 9.97 Å². The molecule has 4 nitrogen and oxygen atoms in total. The van der Waals surface area contributed by atoms with Crippen molar-refractivity contribution in [3.05, 3.63) is 52.8 Å². The molecule has 4 rings (SSSR count). The van der Waals surface area contributed by atoms with Crippen LogP contribution in [0.1, 0.15) is 59.8 Å². The minimum Gasteiger partial charge on any atom is -0.340 e. The number of fused-ring (bicyclic) bond motifs is 1. The summed E-state index contributed by atoms with van der Waals surface area (Å²) in [5.41, 5.74) is 4.11. The Morgan fingerprint density at radius 3 is 2.42 bits per heavy atom. The van der Waals surface area contributed by atoms with Crippen LogP contribution in [-0.2, 0) is 6.42 Å². The molecule has 1 aliphatic carbocycles. The van der Waals surface area contributed by atoms with E-state index in [-0.39, 0.29) is 11.7 Å². The lowest BCUT2D eigenvalue weighted by Gasteiger charge is -2.35. The average Bonchev–Trinajstić information content (AvgIpc) is 2.61. The summed E-state index contributed by atoms with van der Waals surface area (Å²) in [6, 6.07) is 8.54. The summed E-state index contributed by atoms with van der Waals surface area (Å²) in [5.74, 6) is 2.49. The maximum absolute atomic E-state index is 12.6. The van der Waals surface area contributed by atoms with Gasteiger partial charge in [-0.15, -0.1) is 0 Å². The SMILES string of the molecule is Cc1ccc([C@H]2CC(=O)c3cnc(N4C[C@@H](C)C[C@H](C)C4)nc3C2)cc1. The maximum Gasteiger partial charge on any atom is 0.225 e. The second-order valence-corrected chi connectivity index (χ2v) is 8.32. The van der Waals surface area contributed by atoms with Crippen molar-refractivity contribution in [2.24, 2.45) is 11.8 Å². The molecule has 0 radical (unpaired) electrons. The van der Waals surface area contributed by atoms with E-state index in [1.165, 1.54) is 17.5 Å². The first-order valence-electron chi connectivity index (χ1n) is 9.70. The van der Waals surface area contributed by atoms with Crippen LogP contribution < -0.4 is 4.90 Å². The number of hydrogen-bond donors (Lipinski definition) is 0. The van der Waals surface area contributed by atoms with Crippen LogP contribution in [0, 0.1) is 18.8 Å². The lowest BCUT2D eigenvalue weighted by molar-refractivity contribution is 0.0962. The lowest BCUT2D eigenvalue weighted by Crippen LogP contribution is -2.40. The summed E-state index contributed by atoms with van der Waals surface area (Å²) in [5, 5.41) is 0. The number of nitrogens with zero attached hydrogens (tertiary/aromatic N) is 3. The van der Waals surface area contributed by atoms with E-state index in [2.05, 4.69) is 54.9 Å². The normalized spacial score (nSPS) is 25.9. The number of carbonyl (C=O) groups excluding carboxylic acids is 1. The van der Waals surface area contributed by atoms with Gasteiger partial charge in [0.1, 0.15) is 0 Å². The first-order chi connectivity index (χ1) is 12.5. The number of hydrogen-bond acceptors (Lipinski definition) is 4. The third kappa shape index (κ3) is 3.37. The molecule has 1 aromatic carbocycles. The van der Waals surface area contributed by atoms with Crippen LogP contribution in [0.2, 0.25) is 0 Å². The molecule has 1 saturated heterocycles. The minimum absolute atomic E-state index is 0.170. The largest absolute Gasteiger partial charge is 0.340 e. The van der Waals surface area contributed by atoms with Gasteiger partial charge >= 0.3 is 0 Å². The topological polar surface area (TPSA) is 46.1 Å². The van der Waals surface area contributed by atoms with Gasteiger partial charge in [-0.2, -0.15) is 0 Å². The standard InChI is InChI=1S/C22H27N3O/c1-14-4-6-17(7-5-14)18-9-20-19(21(26)10-18)11-23-22(24-20)25-12-15(2)8-16(3)13-25/h4-7,11,15-16,18H,8-10,12-13H2,1-3H3/t15-,16-,18+/m0/s1. The number of benzene rings is 1. The third-order valence-electron chi connectivity index (χ3n) is 5.73. The molecule has 1 aromatic heterocycles. The van der Waals surface area contributed by atoms with Crippen LogP contribution in [0.5, 0.6) is 0 Å². The van der Waals surface area contributed by atoms with Crippen molar-refractivity contribution >= 4 is 11.7 Å². The van der Waals surface area contributed by atoms with Gasteiger partial charge < -0.3 is 4.90 Å². The summed E-state index contributed by atoms with van der Waals surface area (Å²) in [6.07, 6.45) is 4.39. The Hall–Kier alpha value is -2.23. The molecule has 2 aliphatic rings. The highest BCUT2D eigenvalue weighted by molar-refractivity contribution is 5.98. The molecule has 0 amide bonds. The minimum atomic E-state index is 0.170. The highest BCUT2D eigenvalue weighted by Crippen LogP contribution is 2.33. The number of aryl methyl sites for hydroxylation is 1. The molecule has 1 fully saturated rings. The molecule has 26 heavy (non-hydrogen) atoms. The number of Topliss-reactive ketones (excluding diaryl/α,β-unsaturated/α-hetero) is 1. The van der Waals surface area contributed by atoms with E-state index in [1.54, 1.807) is 6.20 Å². The quantitative estimate of drug-likeness (QED) is 0.816. The molecule has 4 heteroatoms. The average molecular weight is 349 g/mol. The number of ketones is 1. The van der Waals surface area contributed by atoms with Crippen LogP contribution in [0.15, 0.2) is 30.5 Å². The molecule has 0 saturated carbocycles. The molecule has 0 unspecified atom stereocenters. The summed E-state index contributed by atoms with van der Waals surface area (Å²) in [7, 11) is 0. The number of carbonyl (C=O) groups is 1. The van der Waals surface area contributed by atoms with E-state index in [0.717, 1.165) is 36.7 Å². The number of rotatable bonds is 2. The number of aromatic nitrogens is 2. The van der Waals surface area contributed by atoms with Crippen molar-refractivity contribution in [1.82, 2.24) is 9.97 Å². The Balaban J connectivity index is 1.61. The Morgan fingerprint density at radius 2 is 1.73 bits per heavy atom. The van der Waals surface area contributed by atoms with Gasteiger partial charge in [0, 0.05) is 25.7 Å². The zero-order valence-corrected chi connectivity index (χ0v) is 15.9. The molecular weight excluding hydrogens is 322 g/mol. The zero-order chi connectivity index (χ0) is 18.3. The number of piperidine rings is 1. The van der Waals surface area contributed by atoms with Crippen molar-refractivity contribution in [2.45, 2.75) is 46.0 Å².